The molecular formula is C17H21N3S. The molecule has 3 nitrogen and oxygen atoms in total. The van der Waals surface area contributed by atoms with E-state index in [1.165, 1.54) is 41.8 Å². The van der Waals surface area contributed by atoms with E-state index in [1.54, 1.807) is 11.3 Å². The molecule has 1 spiro atoms. The minimum Gasteiger partial charge on any atom is -0.364 e. The zero-order chi connectivity index (χ0) is 14.1. The van der Waals surface area contributed by atoms with Crippen LogP contribution in [0.3, 0.4) is 0 Å². The minimum absolute atomic E-state index is 0.309. The van der Waals surface area contributed by atoms with Gasteiger partial charge in [0.25, 0.3) is 0 Å². The molecule has 0 saturated heterocycles. The highest BCUT2D eigenvalue weighted by molar-refractivity contribution is 7.09. The van der Waals surface area contributed by atoms with Crippen LogP contribution in [-0.4, -0.2) is 17.1 Å². The normalized spacial score (nSPS) is 20.5. The molecule has 4 rings (SSSR count). The fourth-order valence-corrected chi connectivity index (χ4v) is 4.40. The molecule has 110 valence electrons. The lowest BCUT2D eigenvalue weighted by atomic mass is 9.97. The van der Waals surface area contributed by atoms with Gasteiger partial charge in [-0.1, -0.05) is 31.0 Å². The quantitative estimate of drug-likeness (QED) is 0.919. The van der Waals surface area contributed by atoms with Gasteiger partial charge in [-0.15, -0.1) is 11.3 Å². The Morgan fingerprint density at radius 1 is 1.24 bits per heavy atom. The predicted octanol–water partition coefficient (Wildman–Crippen LogP) is 3.57. The maximum Gasteiger partial charge on any atom is 0.0794 e. The third-order valence-electron chi connectivity index (χ3n) is 4.87. The van der Waals surface area contributed by atoms with E-state index in [2.05, 4.69) is 39.5 Å². The first-order valence-corrected chi connectivity index (χ1v) is 8.68. The molecular weight excluding hydrogens is 278 g/mol. The summed E-state index contributed by atoms with van der Waals surface area (Å²) >= 11 is 1.76. The molecule has 21 heavy (non-hydrogen) atoms. The van der Waals surface area contributed by atoms with Crippen LogP contribution in [-0.2, 0) is 13.1 Å². The molecule has 0 atom stereocenters. The van der Waals surface area contributed by atoms with Gasteiger partial charge in [0.2, 0.25) is 0 Å². The maximum absolute atomic E-state index is 4.23. The first-order chi connectivity index (χ1) is 10.3. The summed E-state index contributed by atoms with van der Waals surface area (Å²) in [6.07, 6.45) is 7.34. The van der Waals surface area contributed by atoms with Crippen molar-refractivity contribution >= 4 is 17.0 Å². The molecule has 2 heterocycles. The molecule has 0 amide bonds. The number of nitrogens with zero attached hydrogens (tertiary/aromatic N) is 2. The molecule has 2 aromatic rings. The Bertz CT molecular complexity index is 602. The zero-order valence-corrected chi connectivity index (χ0v) is 13.0. The van der Waals surface area contributed by atoms with E-state index in [-0.39, 0.29) is 0 Å². The summed E-state index contributed by atoms with van der Waals surface area (Å²) in [4.78, 5) is 8.14. The molecule has 0 unspecified atom stereocenters. The number of anilines is 1. The van der Waals surface area contributed by atoms with Crippen LogP contribution >= 0.6 is 11.3 Å². The fraction of sp³-hybridized carbons (Fsp3) is 0.471. The number of nitrogens with one attached hydrogen (secondary N) is 1. The van der Waals surface area contributed by atoms with E-state index in [4.69, 9.17) is 0 Å². The molecule has 2 aliphatic rings. The SMILES string of the molecule is c1ccc2c(c1)CNC1(CCCC1)CN2Cc1cncs1. The Labute approximate surface area is 130 Å². The lowest BCUT2D eigenvalue weighted by Gasteiger charge is -2.34. The Kier molecular flexibility index (Phi) is 3.43. The largest absolute Gasteiger partial charge is 0.364 e. The summed E-state index contributed by atoms with van der Waals surface area (Å²) in [5, 5.41) is 3.87. The number of para-hydroxylation sites is 1. The lowest BCUT2D eigenvalue weighted by Crippen LogP contribution is -2.49. The van der Waals surface area contributed by atoms with Gasteiger partial charge < -0.3 is 10.2 Å². The van der Waals surface area contributed by atoms with E-state index >= 15 is 0 Å². The van der Waals surface area contributed by atoms with Gasteiger partial charge in [0, 0.05) is 35.4 Å². The second-order valence-electron chi connectivity index (χ2n) is 6.29. The van der Waals surface area contributed by atoms with Gasteiger partial charge in [0.1, 0.15) is 0 Å². The summed E-state index contributed by atoms with van der Waals surface area (Å²) in [6.45, 7) is 3.09. The molecule has 1 aliphatic carbocycles. The summed E-state index contributed by atoms with van der Waals surface area (Å²) < 4.78 is 0. The predicted molar refractivity (Wildman–Crippen MR) is 87.6 cm³/mol. The van der Waals surface area contributed by atoms with Gasteiger partial charge in [-0.2, -0.15) is 0 Å². The summed E-state index contributed by atoms with van der Waals surface area (Å²) in [5.41, 5.74) is 5.06. The number of rotatable bonds is 2. The highest BCUT2D eigenvalue weighted by Crippen LogP contribution is 2.36. The van der Waals surface area contributed by atoms with Crippen LogP contribution < -0.4 is 10.2 Å². The number of aromatic nitrogens is 1. The van der Waals surface area contributed by atoms with Crippen LogP contribution in [0.15, 0.2) is 36.0 Å². The van der Waals surface area contributed by atoms with E-state index in [1.807, 2.05) is 11.7 Å². The van der Waals surface area contributed by atoms with Crippen molar-refractivity contribution in [3.8, 4) is 0 Å². The Balaban J connectivity index is 1.68. The van der Waals surface area contributed by atoms with Crippen LogP contribution in [0.2, 0.25) is 0 Å². The molecule has 0 radical (unpaired) electrons. The topological polar surface area (TPSA) is 28.2 Å². The van der Waals surface area contributed by atoms with Gasteiger partial charge in [-0.25, -0.2) is 0 Å². The standard InChI is InChI=1S/C17H21N3S/c1-2-6-16-14(5-1)9-19-17(7-3-4-8-17)12-20(16)11-15-10-18-13-21-15/h1-2,5-6,10,13,19H,3-4,7-9,11-12H2. The number of fused-ring (bicyclic) bond motifs is 1. The second-order valence-corrected chi connectivity index (χ2v) is 7.26. The second kappa shape index (κ2) is 5.43. The Morgan fingerprint density at radius 3 is 2.90 bits per heavy atom. The number of thiazole rings is 1. The van der Waals surface area contributed by atoms with Crippen molar-refractivity contribution in [1.82, 2.24) is 10.3 Å². The fourth-order valence-electron chi connectivity index (χ4n) is 3.79. The van der Waals surface area contributed by atoms with Crippen LogP contribution in [0, 0.1) is 0 Å². The van der Waals surface area contributed by atoms with Gasteiger partial charge in [-0.05, 0) is 24.5 Å². The van der Waals surface area contributed by atoms with Gasteiger partial charge in [0.05, 0.1) is 12.1 Å². The molecule has 1 aliphatic heterocycles. The Hall–Kier alpha value is -1.39. The van der Waals surface area contributed by atoms with Gasteiger partial charge in [-0.3, -0.25) is 4.98 Å². The van der Waals surface area contributed by atoms with E-state index in [0.717, 1.165) is 19.6 Å². The number of hydrogen-bond donors (Lipinski definition) is 1. The van der Waals surface area contributed by atoms with Gasteiger partial charge >= 0.3 is 0 Å². The first-order valence-electron chi connectivity index (χ1n) is 7.80. The molecule has 1 fully saturated rings. The third-order valence-corrected chi connectivity index (χ3v) is 5.63. The molecule has 1 aromatic heterocycles. The molecule has 1 N–H and O–H groups in total. The lowest BCUT2D eigenvalue weighted by molar-refractivity contribution is 0.337. The van der Waals surface area contributed by atoms with E-state index in [0.29, 0.717) is 5.54 Å². The molecule has 0 bridgehead atoms. The van der Waals surface area contributed by atoms with Crippen molar-refractivity contribution in [2.45, 2.75) is 44.3 Å². The summed E-state index contributed by atoms with van der Waals surface area (Å²) in [7, 11) is 0. The third kappa shape index (κ3) is 2.58. The van der Waals surface area contributed by atoms with Gasteiger partial charge in [0.15, 0.2) is 0 Å². The van der Waals surface area contributed by atoms with Crippen LogP contribution in [0.4, 0.5) is 5.69 Å². The minimum atomic E-state index is 0.309. The average molecular weight is 299 g/mol. The van der Waals surface area contributed by atoms with Crippen molar-refractivity contribution in [2.75, 3.05) is 11.4 Å². The van der Waals surface area contributed by atoms with Crippen molar-refractivity contribution in [2.24, 2.45) is 0 Å². The van der Waals surface area contributed by atoms with Crippen molar-refractivity contribution in [1.29, 1.82) is 0 Å². The number of benzene rings is 1. The molecule has 1 aromatic carbocycles. The van der Waals surface area contributed by atoms with Crippen LogP contribution in [0.5, 0.6) is 0 Å². The van der Waals surface area contributed by atoms with Crippen LogP contribution in [0.1, 0.15) is 36.1 Å². The van der Waals surface area contributed by atoms with E-state index in [9.17, 15) is 0 Å². The summed E-state index contributed by atoms with van der Waals surface area (Å²) in [6, 6.07) is 8.84. The van der Waals surface area contributed by atoms with Crippen LogP contribution in [0.25, 0.3) is 0 Å². The first kappa shape index (κ1) is 13.3. The number of hydrogen-bond acceptors (Lipinski definition) is 4. The average Bonchev–Trinajstić information content (AvgIpc) is 3.14. The van der Waals surface area contributed by atoms with Crippen molar-refractivity contribution in [3.63, 3.8) is 0 Å². The molecule has 1 saturated carbocycles. The maximum atomic E-state index is 4.23. The highest BCUT2D eigenvalue weighted by atomic mass is 32.1. The highest BCUT2D eigenvalue weighted by Gasteiger charge is 2.37. The zero-order valence-electron chi connectivity index (χ0n) is 12.2. The molecule has 4 heteroatoms. The van der Waals surface area contributed by atoms with E-state index < -0.39 is 0 Å². The Morgan fingerprint density at radius 2 is 2.10 bits per heavy atom. The van der Waals surface area contributed by atoms with Crippen molar-refractivity contribution < 1.29 is 0 Å². The monoisotopic (exact) mass is 299 g/mol. The van der Waals surface area contributed by atoms with Crippen molar-refractivity contribution in [3.05, 3.63) is 46.4 Å². The summed E-state index contributed by atoms with van der Waals surface area (Å²) in [5.74, 6) is 0. The smallest absolute Gasteiger partial charge is 0.0794 e.